The number of nitro benzene ring substituents is 1. The second-order valence-electron chi connectivity index (χ2n) is 4.88. The molecule has 6 nitrogen and oxygen atoms in total. The summed E-state index contributed by atoms with van der Waals surface area (Å²) < 4.78 is 0. The molecule has 0 aromatic heterocycles. The number of benzene rings is 2. The van der Waals surface area contributed by atoms with Gasteiger partial charge in [-0.05, 0) is 18.6 Å². The lowest BCUT2D eigenvalue weighted by atomic mass is 10.1. The molecular formula is C16H16N2O4. The maximum Gasteiger partial charge on any atom is 0.273 e. The molecular weight excluding hydrogens is 284 g/mol. The van der Waals surface area contributed by atoms with Gasteiger partial charge in [0.15, 0.2) is 0 Å². The largest absolute Gasteiger partial charge is 0.394 e. The molecule has 22 heavy (non-hydrogen) atoms. The van der Waals surface area contributed by atoms with Crippen molar-refractivity contribution in [3.63, 3.8) is 0 Å². The molecule has 0 saturated carbocycles. The molecule has 0 radical (unpaired) electrons. The summed E-state index contributed by atoms with van der Waals surface area (Å²) in [5.74, 6) is -0.467. The molecule has 2 rings (SSSR count). The zero-order valence-corrected chi connectivity index (χ0v) is 12.0. The molecule has 0 saturated heterocycles. The van der Waals surface area contributed by atoms with Gasteiger partial charge in [-0.25, -0.2) is 0 Å². The van der Waals surface area contributed by atoms with Crippen LogP contribution in [0.25, 0.3) is 0 Å². The average molecular weight is 300 g/mol. The van der Waals surface area contributed by atoms with Crippen molar-refractivity contribution in [3.8, 4) is 0 Å². The molecule has 2 aromatic rings. The summed E-state index contributed by atoms with van der Waals surface area (Å²) in [7, 11) is 0. The standard InChI is InChI=1S/C16H16N2O4/c1-11-7-8-13(9-15(11)18(21)22)16(20)17-14(10-19)12-5-3-2-4-6-12/h2-9,14,19H,10H2,1H3,(H,17,20). The summed E-state index contributed by atoms with van der Waals surface area (Å²) in [6, 6.07) is 12.8. The highest BCUT2D eigenvalue weighted by atomic mass is 16.6. The number of nitrogens with one attached hydrogen (secondary N) is 1. The lowest BCUT2D eigenvalue weighted by Gasteiger charge is -2.16. The summed E-state index contributed by atoms with van der Waals surface area (Å²) in [5, 5.41) is 23.0. The number of amides is 1. The maximum absolute atomic E-state index is 12.2. The zero-order chi connectivity index (χ0) is 16.1. The molecule has 2 aromatic carbocycles. The van der Waals surface area contributed by atoms with Crippen molar-refractivity contribution in [1.29, 1.82) is 0 Å². The molecule has 0 fully saturated rings. The Labute approximate surface area is 127 Å². The van der Waals surface area contributed by atoms with Crippen LogP contribution in [0.4, 0.5) is 5.69 Å². The fourth-order valence-electron chi connectivity index (χ4n) is 2.11. The van der Waals surface area contributed by atoms with Gasteiger partial charge in [-0.1, -0.05) is 36.4 Å². The van der Waals surface area contributed by atoms with Crippen molar-refractivity contribution in [2.75, 3.05) is 6.61 Å². The quantitative estimate of drug-likeness (QED) is 0.655. The minimum absolute atomic E-state index is 0.104. The van der Waals surface area contributed by atoms with Crippen LogP contribution in [0.2, 0.25) is 0 Å². The van der Waals surface area contributed by atoms with Crippen LogP contribution in [-0.4, -0.2) is 22.5 Å². The molecule has 2 N–H and O–H groups in total. The number of aliphatic hydroxyl groups is 1. The van der Waals surface area contributed by atoms with E-state index in [9.17, 15) is 20.0 Å². The number of nitrogens with zero attached hydrogens (tertiary/aromatic N) is 1. The maximum atomic E-state index is 12.2. The Hall–Kier alpha value is -2.73. The zero-order valence-electron chi connectivity index (χ0n) is 12.0. The summed E-state index contributed by atoms with van der Waals surface area (Å²) in [6.07, 6.45) is 0. The second kappa shape index (κ2) is 6.82. The van der Waals surface area contributed by atoms with Gasteiger partial charge in [0.1, 0.15) is 0 Å². The van der Waals surface area contributed by atoms with Gasteiger partial charge < -0.3 is 10.4 Å². The predicted molar refractivity (Wildman–Crippen MR) is 81.6 cm³/mol. The highest BCUT2D eigenvalue weighted by Gasteiger charge is 2.18. The van der Waals surface area contributed by atoms with E-state index in [1.807, 2.05) is 6.07 Å². The van der Waals surface area contributed by atoms with E-state index in [2.05, 4.69) is 5.32 Å². The topological polar surface area (TPSA) is 92.5 Å². The third-order valence-electron chi connectivity index (χ3n) is 3.36. The minimum Gasteiger partial charge on any atom is -0.394 e. The lowest BCUT2D eigenvalue weighted by molar-refractivity contribution is -0.385. The molecule has 0 aliphatic carbocycles. The number of hydrogen-bond donors (Lipinski definition) is 2. The van der Waals surface area contributed by atoms with Gasteiger partial charge in [-0.15, -0.1) is 0 Å². The number of carbonyl (C=O) groups is 1. The highest BCUT2D eigenvalue weighted by molar-refractivity contribution is 5.95. The monoisotopic (exact) mass is 300 g/mol. The van der Waals surface area contributed by atoms with Crippen LogP contribution in [0.3, 0.4) is 0 Å². The molecule has 0 spiro atoms. The molecule has 6 heteroatoms. The van der Waals surface area contributed by atoms with Crippen LogP contribution in [-0.2, 0) is 0 Å². The first kappa shape index (κ1) is 15.7. The van der Waals surface area contributed by atoms with Crippen LogP contribution in [0.5, 0.6) is 0 Å². The second-order valence-corrected chi connectivity index (χ2v) is 4.88. The molecule has 1 atom stereocenters. The van der Waals surface area contributed by atoms with Crippen molar-refractivity contribution in [2.45, 2.75) is 13.0 Å². The molecule has 1 unspecified atom stereocenters. The SMILES string of the molecule is Cc1ccc(C(=O)NC(CO)c2ccccc2)cc1[N+](=O)[O-]. The van der Waals surface area contributed by atoms with Crippen molar-refractivity contribution in [3.05, 3.63) is 75.3 Å². The first-order valence-corrected chi connectivity index (χ1v) is 6.74. The fourth-order valence-corrected chi connectivity index (χ4v) is 2.11. The molecule has 0 heterocycles. The third kappa shape index (κ3) is 3.48. The number of aliphatic hydroxyl groups excluding tert-OH is 1. The molecule has 0 bridgehead atoms. The van der Waals surface area contributed by atoms with Crippen LogP contribution >= 0.6 is 0 Å². The number of carbonyl (C=O) groups excluding carboxylic acids is 1. The Morgan fingerprint density at radius 1 is 1.27 bits per heavy atom. The number of nitro groups is 1. The van der Waals surface area contributed by atoms with E-state index in [0.29, 0.717) is 5.56 Å². The highest BCUT2D eigenvalue weighted by Crippen LogP contribution is 2.20. The Morgan fingerprint density at radius 2 is 1.95 bits per heavy atom. The number of rotatable bonds is 5. The van der Waals surface area contributed by atoms with Crippen LogP contribution < -0.4 is 5.32 Å². The van der Waals surface area contributed by atoms with Crippen molar-refractivity contribution in [2.24, 2.45) is 0 Å². The van der Waals surface area contributed by atoms with Gasteiger partial charge in [0.2, 0.25) is 0 Å². The van der Waals surface area contributed by atoms with Crippen LogP contribution in [0.1, 0.15) is 27.5 Å². The summed E-state index contributed by atoms with van der Waals surface area (Å²) in [6.45, 7) is 1.35. The van der Waals surface area contributed by atoms with E-state index in [1.165, 1.54) is 18.2 Å². The van der Waals surface area contributed by atoms with E-state index in [1.54, 1.807) is 31.2 Å². The summed E-state index contributed by atoms with van der Waals surface area (Å²) >= 11 is 0. The van der Waals surface area contributed by atoms with Crippen LogP contribution in [0.15, 0.2) is 48.5 Å². The Morgan fingerprint density at radius 3 is 2.55 bits per heavy atom. The van der Waals surface area contributed by atoms with Gasteiger partial charge in [0.05, 0.1) is 17.6 Å². The molecule has 1 amide bonds. The first-order valence-electron chi connectivity index (χ1n) is 6.74. The molecule has 114 valence electrons. The van der Waals surface area contributed by atoms with Crippen molar-refractivity contribution in [1.82, 2.24) is 5.32 Å². The fraction of sp³-hybridized carbons (Fsp3) is 0.188. The summed E-state index contributed by atoms with van der Waals surface area (Å²) in [5.41, 5.74) is 1.34. The minimum atomic E-state index is -0.561. The van der Waals surface area contributed by atoms with Gasteiger partial charge >= 0.3 is 0 Å². The lowest BCUT2D eigenvalue weighted by Crippen LogP contribution is -2.30. The molecule has 0 aliphatic rings. The van der Waals surface area contributed by atoms with E-state index in [0.717, 1.165) is 5.56 Å². The Kier molecular flexibility index (Phi) is 4.85. The van der Waals surface area contributed by atoms with Crippen LogP contribution in [0, 0.1) is 17.0 Å². The first-order chi connectivity index (χ1) is 10.5. The molecule has 0 aliphatic heterocycles. The third-order valence-corrected chi connectivity index (χ3v) is 3.36. The Bertz CT molecular complexity index is 686. The van der Waals surface area contributed by atoms with Crippen molar-refractivity contribution < 1.29 is 14.8 Å². The van der Waals surface area contributed by atoms with Crippen molar-refractivity contribution >= 4 is 11.6 Å². The van der Waals surface area contributed by atoms with Gasteiger partial charge in [-0.2, -0.15) is 0 Å². The number of aryl methyl sites for hydroxylation is 1. The van der Waals surface area contributed by atoms with Gasteiger partial charge in [0, 0.05) is 17.2 Å². The van der Waals surface area contributed by atoms with Gasteiger partial charge in [-0.3, -0.25) is 14.9 Å². The average Bonchev–Trinajstić information content (AvgIpc) is 2.53. The van der Waals surface area contributed by atoms with E-state index in [4.69, 9.17) is 0 Å². The normalized spacial score (nSPS) is 11.7. The summed E-state index contributed by atoms with van der Waals surface area (Å²) in [4.78, 5) is 22.6. The number of hydrogen-bond acceptors (Lipinski definition) is 4. The Balaban J connectivity index is 2.21. The van der Waals surface area contributed by atoms with E-state index >= 15 is 0 Å². The van der Waals surface area contributed by atoms with E-state index in [-0.39, 0.29) is 17.9 Å². The predicted octanol–water partition coefficient (Wildman–Crippen LogP) is 2.37. The van der Waals surface area contributed by atoms with Gasteiger partial charge in [0.25, 0.3) is 11.6 Å². The van der Waals surface area contributed by atoms with E-state index < -0.39 is 16.9 Å². The smallest absolute Gasteiger partial charge is 0.273 e.